The molecule has 1 aromatic carbocycles. The summed E-state index contributed by atoms with van der Waals surface area (Å²) in [4.78, 5) is 23.1. The van der Waals surface area contributed by atoms with Crippen molar-refractivity contribution in [2.75, 3.05) is 13.2 Å². The Morgan fingerprint density at radius 3 is 2.83 bits per heavy atom. The van der Waals surface area contributed by atoms with Crippen LogP contribution in [0.15, 0.2) is 36.4 Å². The predicted molar refractivity (Wildman–Crippen MR) is 87.7 cm³/mol. The average Bonchev–Trinajstić information content (AvgIpc) is 2.58. The van der Waals surface area contributed by atoms with Crippen LogP contribution in [0.4, 0.5) is 0 Å². The van der Waals surface area contributed by atoms with Gasteiger partial charge in [-0.2, -0.15) is 0 Å². The maximum Gasteiger partial charge on any atom is 0.252 e. The summed E-state index contributed by atoms with van der Waals surface area (Å²) >= 11 is 0. The molecule has 3 N–H and O–H groups in total. The van der Waals surface area contributed by atoms with E-state index in [9.17, 15) is 9.59 Å². The van der Waals surface area contributed by atoms with Crippen LogP contribution < -0.4 is 15.8 Å². The molecular formula is C18H20N2O3. The molecule has 0 saturated heterocycles. The van der Waals surface area contributed by atoms with E-state index >= 15 is 0 Å². The van der Waals surface area contributed by atoms with Crippen LogP contribution in [0, 0.1) is 17.8 Å². The number of carbonyl (C=O) groups excluding carboxylic acids is 2. The SMILES string of the molecule is NC(=O)c1ccccc1OCC#CCNC(=O)C1CC=CCC1. The third kappa shape index (κ3) is 5.19. The van der Waals surface area contributed by atoms with E-state index in [2.05, 4.69) is 23.2 Å². The Labute approximate surface area is 135 Å². The van der Waals surface area contributed by atoms with Crippen LogP contribution in [0.25, 0.3) is 0 Å². The van der Waals surface area contributed by atoms with E-state index in [1.807, 2.05) is 6.08 Å². The van der Waals surface area contributed by atoms with Gasteiger partial charge in [-0.1, -0.05) is 36.1 Å². The van der Waals surface area contributed by atoms with Gasteiger partial charge in [0.05, 0.1) is 12.1 Å². The molecule has 0 saturated carbocycles. The number of amides is 2. The van der Waals surface area contributed by atoms with Gasteiger partial charge in [0, 0.05) is 5.92 Å². The first-order valence-corrected chi connectivity index (χ1v) is 7.58. The van der Waals surface area contributed by atoms with Crippen molar-refractivity contribution in [3.8, 4) is 17.6 Å². The minimum atomic E-state index is -0.539. The van der Waals surface area contributed by atoms with Crippen molar-refractivity contribution >= 4 is 11.8 Å². The summed E-state index contributed by atoms with van der Waals surface area (Å²) in [5, 5.41) is 2.80. The van der Waals surface area contributed by atoms with Crippen LogP contribution in [0.2, 0.25) is 0 Å². The van der Waals surface area contributed by atoms with E-state index in [1.165, 1.54) is 0 Å². The second-order valence-electron chi connectivity index (χ2n) is 5.20. The molecule has 120 valence electrons. The zero-order valence-corrected chi connectivity index (χ0v) is 12.9. The standard InChI is InChI=1S/C18H20N2O3/c19-17(21)15-10-4-5-11-16(15)23-13-7-6-12-20-18(22)14-8-2-1-3-9-14/h1-2,4-5,10-11,14H,3,8-9,12-13H2,(H2,19,21)(H,20,22). The lowest BCUT2D eigenvalue weighted by Crippen LogP contribution is -2.31. The Bertz CT molecular complexity index is 656. The Morgan fingerprint density at radius 1 is 1.26 bits per heavy atom. The molecule has 0 aromatic heterocycles. The monoisotopic (exact) mass is 312 g/mol. The maximum absolute atomic E-state index is 11.9. The summed E-state index contributed by atoms with van der Waals surface area (Å²) in [6.07, 6.45) is 6.79. The summed E-state index contributed by atoms with van der Waals surface area (Å²) in [5.41, 5.74) is 5.59. The molecule has 0 bridgehead atoms. The summed E-state index contributed by atoms with van der Waals surface area (Å²) in [6, 6.07) is 6.74. The topological polar surface area (TPSA) is 81.4 Å². The van der Waals surface area contributed by atoms with Crippen LogP contribution in [0.3, 0.4) is 0 Å². The fraction of sp³-hybridized carbons (Fsp3) is 0.333. The third-order valence-electron chi connectivity index (χ3n) is 3.57. The molecule has 1 aromatic rings. The molecular weight excluding hydrogens is 292 g/mol. The molecule has 5 heteroatoms. The number of para-hydroxylation sites is 1. The molecule has 1 aliphatic carbocycles. The van der Waals surface area contributed by atoms with E-state index in [0.717, 1.165) is 19.3 Å². The number of allylic oxidation sites excluding steroid dienone is 2. The van der Waals surface area contributed by atoms with Gasteiger partial charge in [0.15, 0.2) is 0 Å². The van der Waals surface area contributed by atoms with Crippen molar-refractivity contribution in [3.05, 3.63) is 42.0 Å². The van der Waals surface area contributed by atoms with Crippen molar-refractivity contribution < 1.29 is 14.3 Å². The normalized spacial score (nSPS) is 16.1. The van der Waals surface area contributed by atoms with Crippen molar-refractivity contribution in [3.63, 3.8) is 0 Å². The minimum absolute atomic E-state index is 0.0450. The van der Waals surface area contributed by atoms with E-state index in [4.69, 9.17) is 10.5 Å². The lowest BCUT2D eigenvalue weighted by atomic mass is 9.94. The summed E-state index contributed by atoms with van der Waals surface area (Å²) in [6.45, 7) is 0.423. The minimum Gasteiger partial charge on any atom is -0.480 e. The second-order valence-corrected chi connectivity index (χ2v) is 5.20. The summed E-state index contributed by atoms with van der Waals surface area (Å²) in [7, 11) is 0. The van der Waals surface area contributed by atoms with E-state index in [1.54, 1.807) is 24.3 Å². The van der Waals surface area contributed by atoms with Crippen LogP contribution in [-0.4, -0.2) is 25.0 Å². The molecule has 2 rings (SSSR count). The lowest BCUT2D eigenvalue weighted by Gasteiger charge is -2.16. The number of carbonyl (C=O) groups is 2. The summed E-state index contributed by atoms with van der Waals surface area (Å²) in [5.74, 6) is 5.61. The van der Waals surface area contributed by atoms with Gasteiger partial charge >= 0.3 is 0 Å². The third-order valence-corrected chi connectivity index (χ3v) is 3.57. The zero-order valence-electron chi connectivity index (χ0n) is 12.9. The Morgan fingerprint density at radius 2 is 2.09 bits per heavy atom. The van der Waals surface area contributed by atoms with Gasteiger partial charge in [-0.3, -0.25) is 9.59 Å². The summed E-state index contributed by atoms with van der Waals surface area (Å²) < 4.78 is 5.43. The highest BCUT2D eigenvalue weighted by Crippen LogP contribution is 2.18. The van der Waals surface area contributed by atoms with Crippen molar-refractivity contribution in [1.29, 1.82) is 0 Å². The molecule has 1 atom stereocenters. The molecule has 0 radical (unpaired) electrons. The zero-order chi connectivity index (χ0) is 16.5. The Hall–Kier alpha value is -2.74. The predicted octanol–water partition coefficient (Wildman–Crippen LogP) is 1.64. The average molecular weight is 312 g/mol. The van der Waals surface area contributed by atoms with Crippen LogP contribution >= 0.6 is 0 Å². The fourth-order valence-electron chi connectivity index (χ4n) is 2.33. The maximum atomic E-state index is 11.9. The molecule has 1 aliphatic rings. The highest BCUT2D eigenvalue weighted by molar-refractivity contribution is 5.95. The molecule has 0 fully saturated rings. The molecule has 1 unspecified atom stereocenters. The van der Waals surface area contributed by atoms with Crippen LogP contribution in [-0.2, 0) is 4.79 Å². The first-order chi connectivity index (χ1) is 11.2. The van der Waals surface area contributed by atoms with Crippen LogP contribution in [0.1, 0.15) is 29.6 Å². The van der Waals surface area contributed by atoms with E-state index < -0.39 is 5.91 Å². The number of hydrogen-bond acceptors (Lipinski definition) is 3. The highest BCUT2D eigenvalue weighted by Gasteiger charge is 2.17. The first kappa shape index (κ1) is 16.6. The number of ether oxygens (including phenoxy) is 1. The second kappa shape index (κ2) is 8.64. The smallest absolute Gasteiger partial charge is 0.252 e. The van der Waals surface area contributed by atoms with Crippen LogP contribution in [0.5, 0.6) is 5.75 Å². The number of hydrogen-bond donors (Lipinski definition) is 2. The highest BCUT2D eigenvalue weighted by atomic mass is 16.5. The number of nitrogens with two attached hydrogens (primary N) is 1. The van der Waals surface area contributed by atoms with Crippen molar-refractivity contribution in [1.82, 2.24) is 5.32 Å². The first-order valence-electron chi connectivity index (χ1n) is 7.58. The van der Waals surface area contributed by atoms with Gasteiger partial charge < -0.3 is 15.8 Å². The lowest BCUT2D eigenvalue weighted by molar-refractivity contribution is -0.124. The van der Waals surface area contributed by atoms with E-state index in [0.29, 0.717) is 17.9 Å². The number of nitrogens with one attached hydrogen (secondary N) is 1. The Kier molecular flexibility index (Phi) is 6.25. The molecule has 0 heterocycles. The van der Waals surface area contributed by atoms with E-state index in [-0.39, 0.29) is 18.4 Å². The van der Waals surface area contributed by atoms with Crippen molar-refractivity contribution in [2.24, 2.45) is 11.7 Å². The van der Waals surface area contributed by atoms with Gasteiger partial charge in [0.1, 0.15) is 12.4 Å². The van der Waals surface area contributed by atoms with Gasteiger partial charge in [0.25, 0.3) is 5.91 Å². The van der Waals surface area contributed by atoms with Gasteiger partial charge in [0.2, 0.25) is 5.91 Å². The molecule has 5 nitrogen and oxygen atoms in total. The fourth-order valence-corrected chi connectivity index (χ4v) is 2.33. The number of benzene rings is 1. The number of rotatable bonds is 5. The van der Waals surface area contributed by atoms with Gasteiger partial charge in [-0.25, -0.2) is 0 Å². The van der Waals surface area contributed by atoms with Gasteiger partial charge in [-0.05, 0) is 31.4 Å². The van der Waals surface area contributed by atoms with Gasteiger partial charge in [-0.15, -0.1) is 0 Å². The molecule has 0 spiro atoms. The molecule has 23 heavy (non-hydrogen) atoms. The van der Waals surface area contributed by atoms with Crippen molar-refractivity contribution in [2.45, 2.75) is 19.3 Å². The molecule has 0 aliphatic heterocycles. The largest absolute Gasteiger partial charge is 0.480 e. The quantitative estimate of drug-likeness (QED) is 0.640. The Balaban J connectivity index is 1.73. The molecule has 2 amide bonds. The number of primary amides is 1.